The van der Waals surface area contributed by atoms with Crippen molar-refractivity contribution in [2.24, 2.45) is 4.99 Å². The summed E-state index contributed by atoms with van der Waals surface area (Å²) in [7, 11) is 0. The molecule has 184 valence electrons. The van der Waals surface area contributed by atoms with Gasteiger partial charge in [-0.25, -0.2) is 4.99 Å². The summed E-state index contributed by atoms with van der Waals surface area (Å²) >= 11 is 5.37. The molecule has 0 saturated heterocycles. The fourth-order valence-corrected chi connectivity index (χ4v) is 5.00. The molecular weight excluding hydrogens is 468 g/mol. The number of nitrogens with zero attached hydrogens (tertiary/aromatic N) is 2. The molecule has 0 unspecified atom stereocenters. The first-order valence-electron chi connectivity index (χ1n) is 11.8. The zero-order chi connectivity index (χ0) is 24.9. The lowest BCUT2D eigenvalue weighted by atomic mass is 9.95. The van der Waals surface area contributed by atoms with E-state index in [9.17, 15) is 19.5 Å². The van der Waals surface area contributed by atoms with Gasteiger partial charge in [0.05, 0.1) is 17.5 Å². The van der Waals surface area contributed by atoms with E-state index in [1.807, 2.05) is 24.3 Å². The molecule has 2 aliphatic rings. The molecule has 2 heterocycles. The summed E-state index contributed by atoms with van der Waals surface area (Å²) in [6, 6.07) is 7.56. The van der Waals surface area contributed by atoms with E-state index in [-0.39, 0.29) is 47.5 Å². The fourth-order valence-electron chi connectivity index (χ4n) is 4.68. The van der Waals surface area contributed by atoms with E-state index in [1.165, 1.54) is 0 Å². The lowest BCUT2D eigenvalue weighted by Gasteiger charge is -2.25. The minimum atomic E-state index is -1.02. The van der Waals surface area contributed by atoms with E-state index >= 15 is 0 Å². The van der Waals surface area contributed by atoms with Gasteiger partial charge in [0.25, 0.3) is 5.56 Å². The van der Waals surface area contributed by atoms with Crippen molar-refractivity contribution in [1.29, 1.82) is 0 Å². The normalized spacial score (nSPS) is 16.7. The molecule has 2 aromatic rings. The number of aliphatic carboxylic acids is 1. The molecule has 1 amide bonds. The maximum absolute atomic E-state index is 12.8. The SMILES string of the molecule is O=C(O)CCC(=O)NCCC1=c2ccccc2=N/C1=C\c1c(O)n(C2CCCCC2)c(=S)[nH]c1=O. The topological polar surface area (TPSA) is 137 Å². The van der Waals surface area contributed by atoms with Crippen LogP contribution < -0.4 is 21.5 Å². The van der Waals surface area contributed by atoms with Crippen LogP contribution in [0.25, 0.3) is 11.6 Å². The maximum Gasteiger partial charge on any atom is 0.303 e. The fraction of sp³-hybridized carbons (Fsp3) is 0.400. The number of hydrogen-bond acceptors (Lipinski definition) is 6. The van der Waals surface area contributed by atoms with Gasteiger partial charge in [-0.3, -0.25) is 23.9 Å². The van der Waals surface area contributed by atoms with Gasteiger partial charge >= 0.3 is 5.97 Å². The molecule has 10 heteroatoms. The van der Waals surface area contributed by atoms with Crippen LogP contribution in [0.5, 0.6) is 5.88 Å². The van der Waals surface area contributed by atoms with Gasteiger partial charge < -0.3 is 15.5 Å². The molecule has 0 spiro atoms. The van der Waals surface area contributed by atoms with Crippen molar-refractivity contribution in [3.63, 3.8) is 0 Å². The van der Waals surface area contributed by atoms with Crippen LogP contribution in [0, 0.1) is 4.77 Å². The summed E-state index contributed by atoms with van der Waals surface area (Å²) in [5.41, 5.74) is 0.960. The Morgan fingerprint density at radius 3 is 2.69 bits per heavy atom. The number of amides is 1. The van der Waals surface area contributed by atoms with Gasteiger partial charge in [0.15, 0.2) is 4.77 Å². The number of carbonyl (C=O) groups excluding carboxylic acids is 1. The lowest BCUT2D eigenvalue weighted by molar-refractivity contribution is -0.138. The molecule has 1 aromatic carbocycles. The predicted octanol–water partition coefficient (Wildman–Crippen LogP) is 2.31. The number of carbonyl (C=O) groups is 2. The molecule has 1 fully saturated rings. The van der Waals surface area contributed by atoms with Gasteiger partial charge in [-0.15, -0.1) is 0 Å². The van der Waals surface area contributed by atoms with Gasteiger partial charge in [-0.1, -0.05) is 37.5 Å². The van der Waals surface area contributed by atoms with Gasteiger partial charge in [-0.05, 0) is 49.2 Å². The summed E-state index contributed by atoms with van der Waals surface area (Å²) in [6.07, 6.45) is 6.68. The second-order valence-electron chi connectivity index (χ2n) is 8.79. The average molecular weight is 497 g/mol. The third kappa shape index (κ3) is 5.59. The number of benzene rings is 1. The number of rotatable bonds is 8. The number of carboxylic acid groups (broad SMARTS) is 1. The molecule has 0 atom stereocenters. The highest BCUT2D eigenvalue weighted by Crippen LogP contribution is 2.33. The molecule has 4 N–H and O–H groups in total. The van der Waals surface area contributed by atoms with Crippen LogP contribution in [0.1, 0.15) is 63.0 Å². The molecule has 1 saturated carbocycles. The Hall–Kier alpha value is -3.53. The number of carboxylic acids is 1. The molecule has 9 nitrogen and oxygen atoms in total. The second-order valence-corrected chi connectivity index (χ2v) is 9.18. The van der Waals surface area contributed by atoms with E-state index in [4.69, 9.17) is 17.3 Å². The number of H-pyrrole nitrogens is 1. The second kappa shape index (κ2) is 10.8. The van der Waals surface area contributed by atoms with E-state index in [2.05, 4.69) is 15.3 Å². The quantitative estimate of drug-likeness (QED) is 0.414. The predicted molar refractivity (Wildman–Crippen MR) is 133 cm³/mol. The summed E-state index contributed by atoms with van der Waals surface area (Å²) < 4.78 is 1.86. The Bertz CT molecular complexity index is 1420. The molecule has 4 rings (SSSR count). The number of para-hydroxylation sites is 1. The van der Waals surface area contributed by atoms with Crippen molar-refractivity contribution in [2.75, 3.05) is 6.54 Å². The average Bonchev–Trinajstić information content (AvgIpc) is 3.18. The highest BCUT2D eigenvalue weighted by molar-refractivity contribution is 7.71. The molecular formula is C25H28N4O5S. The van der Waals surface area contributed by atoms with Crippen LogP contribution in [0.3, 0.4) is 0 Å². The summed E-state index contributed by atoms with van der Waals surface area (Å²) in [6.45, 7) is 0.282. The zero-order valence-corrected chi connectivity index (χ0v) is 20.1. The minimum Gasteiger partial charge on any atom is -0.494 e. The Balaban J connectivity index is 1.66. The third-order valence-electron chi connectivity index (χ3n) is 6.42. The highest BCUT2D eigenvalue weighted by Gasteiger charge is 2.22. The van der Waals surface area contributed by atoms with E-state index in [0.29, 0.717) is 12.1 Å². The van der Waals surface area contributed by atoms with Crippen LogP contribution in [0.4, 0.5) is 0 Å². The first-order chi connectivity index (χ1) is 16.8. The number of aromatic hydroxyl groups is 1. The number of hydrogen-bond donors (Lipinski definition) is 4. The van der Waals surface area contributed by atoms with Crippen molar-refractivity contribution in [3.05, 3.63) is 61.2 Å². The van der Waals surface area contributed by atoms with Crippen molar-refractivity contribution in [1.82, 2.24) is 14.9 Å². The molecule has 0 bridgehead atoms. The van der Waals surface area contributed by atoms with E-state index in [0.717, 1.165) is 48.3 Å². The Morgan fingerprint density at radius 2 is 1.94 bits per heavy atom. The first-order valence-corrected chi connectivity index (χ1v) is 12.2. The lowest BCUT2D eigenvalue weighted by Crippen LogP contribution is -2.27. The molecule has 35 heavy (non-hydrogen) atoms. The first kappa shape index (κ1) is 24.6. The third-order valence-corrected chi connectivity index (χ3v) is 6.71. The Morgan fingerprint density at radius 1 is 1.20 bits per heavy atom. The molecule has 1 aromatic heterocycles. The van der Waals surface area contributed by atoms with Gasteiger partial charge in [0.2, 0.25) is 11.8 Å². The summed E-state index contributed by atoms with van der Waals surface area (Å²) in [4.78, 5) is 42.8. The van der Waals surface area contributed by atoms with Gasteiger partial charge in [0, 0.05) is 24.2 Å². The summed E-state index contributed by atoms with van der Waals surface area (Å²) in [5, 5.41) is 24.2. The van der Waals surface area contributed by atoms with Crippen LogP contribution in [0.15, 0.2) is 39.7 Å². The summed E-state index contributed by atoms with van der Waals surface area (Å²) in [5.74, 6) is -1.53. The number of allylic oxidation sites excluding steroid dienone is 1. The Labute approximate surface area is 206 Å². The van der Waals surface area contributed by atoms with E-state index < -0.39 is 11.5 Å². The minimum absolute atomic E-state index is 0.0347. The van der Waals surface area contributed by atoms with Gasteiger partial charge in [-0.2, -0.15) is 0 Å². The number of nitrogens with one attached hydrogen (secondary N) is 2. The standard InChI is InChI=1S/C25H28N4O5S/c30-21(10-11-22(31)32)26-13-12-17-16-8-4-5-9-19(16)27-20(17)14-18-23(33)28-25(35)29(24(18)34)15-6-2-1-3-7-15/h4-5,8-9,14-15,34H,1-3,6-7,10-13H2,(H,26,30)(H,31,32)(H,28,33,35)/b20-14-. The molecule has 1 aliphatic carbocycles. The van der Waals surface area contributed by atoms with Crippen molar-refractivity contribution in [3.8, 4) is 5.88 Å². The molecule has 0 radical (unpaired) electrons. The van der Waals surface area contributed by atoms with Crippen LogP contribution in [-0.4, -0.2) is 38.2 Å². The number of aromatic amines is 1. The highest BCUT2D eigenvalue weighted by atomic mass is 32.1. The van der Waals surface area contributed by atoms with Crippen LogP contribution in [-0.2, 0) is 9.59 Å². The van der Waals surface area contributed by atoms with Gasteiger partial charge in [0.1, 0.15) is 5.56 Å². The van der Waals surface area contributed by atoms with E-state index in [1.54, 1.807) is 10.6 Å². The number of fused-ring (bicyclic) bond motifs is 1. The number of aromatic nitrogens is 2. The zero-order valence-electron chi connectivity index (χ0n) is 19.2. The maximum atomic E-state index is 12.8. The van der Waals surface area contributed by atoms with Crippen molar-refractivity contribution < 1.29 is 19.8 Å². The van der Waals surface area contributed by atoms with Crippen LogP contribution in [0.2, 0.25) is 0 Å². The largest absolute Gasteiger partial charge is 0.494 e. The van der Waals surface area contributed by atoms with Crippen molar-refractivity contribution in [2.45, 2.75) is 57.4 Å². The Kier molecular flexibility index (Phi) is 7.60. The molecule has 1 aliphatic heterocycles. The smallest absolute Gasteiger partial charge is 0.303 e. The van der Waals surface area contributed by atoms with Crippen LogP contribution >= 0.6 is 12.2 Å². The van der Waals surface area contributed by atoms with Crippen molar-refractivity contribution >= 4 is 35.7 Å². The monoisotopic (exact) mass is 496 g/mol.